The molecule has 0 spiro atoms. The Morgan fingerprint density at radius 3 is 2.71 bits per heavy atom. The lowest BCUT2D eigenvalue weighted by atomic mass is 10.2. The van der Waals surface area contributed by atoms with E-state index in [2.05, 4.69) is 4.90 Å². The normalized spacial score (nSPS) is 15.8. The standard InChI is InChI=1S/C13H16N2O5.ClH/c16-11(5-6-14-7-9-19-10-8-14)1-2-12-3-4-13(20-12)15(17)18;/h1-4H,5-10H2;1H/p-1/b2-1-;. The first-order valence-electron chi connectivity index (χ1n) is 6.40. The molecular formula is C13H16ClN2O5-. The summed E-state index contributed by atoms with van der Waals surface area (Å²) in [6, 6.07) is 2.72. The van der Waals surface area contributed by atoms with Gasteiger partial charge in [0, 0.05) is 26.1 Å². The van der Waals surface area contributed by atoms with E-state index in [0.717, 1.165) is 13.1 Å². The molecule has 0 aliphatic carbocycles. The van der Waals surface area contributed by atoms with Crippen molar-refractivity contribution in [1.82, 2.24) is 4.90 Å². The predicted molar refractivity (Wildman–Crippen MR) is 71.3 cm³/mol. The Kier molecular flexibility index (Phi) is 7.07. The van der Waals surface area contributed by atoms with Crippen molar-refractivity contribution in [2.75, 3.05) is 32.8 Å². The highest BCUT2D eigenvalue weighted by molar-refractivity contribution is 5.93. The van der Waals surface area contributed by atoms with Gasteiger partial charge in [0.15, 0.2) is 5.78 Å². The van der Waals surface area contributed by atoms with Gasteiger partial charge in [-0.2, -0.15) is 0 Å². The van der Waals surface area contributed by atoms with Crippen LogP contribution in [0.1, 0.15) is 12.2 Å². The van der Waals surface area contributed by atoms with Gasteiger partial charge in [-0.15, -0.1) is 0 Å². The minimum atomic E-state index is -0.614. The van der Waals surface area contributed by atoms with Gasteiger partial charge >= 0.3 is 5.88 Å². The zero-order chi connectivity index (χ0) is 14.4. The van der Waals surface area contributed by atoms with Crippen molar-refractivity contribution >= 4 is 17.7 Å². The van der Waals surface area contributed by atoms with Gasteiger partial charge < -0.3 is 21.6 Å². The van der Waals surface area contributed by atoms with Gasteiger partial charge in [0.05, 0.1) is 19.3 Å². The molecule has 1 aliphatic heterocycles. The number of nitrogens with zero attached hydrogens (tertiary/aromatic N) is 2. The van der Waals surface area contributed by atoms with Crippen LogP contribution in [0.3, 0.4) is 0 Å². The molecule has 1 saturated heterocycles. The van der Waals surface area contributed by atoms with Gasteiger partial charge in [0.2, 0.25) is 0 Å². The number of ketones is 1. The highest BCUT2D eigenvalue weighted by atomic mass is 35.5. The van der Waals surface area contributed by atoms with Crippen molar-refractivity contribution in [3.05, 3.63) is 34.1 Å². The van der Waals surface area contributed by atoms with Gasteiger partial charge in [-0.1, -0.05) is 0 Å². The van der Waals surface area contributed by atoms with Crippen LogP contribution < -0.4 is 12.4 Å². The molecule has 0 saturated carbocycles. The minimum Gasteiger partial charge on any atom is -1.00 e. The van der Waals surface area contributed by atoms with Crippen molar-refractivity contribution in [1.29, 1.82) is 0 Å². The third-order valence-electron chi connectivity index (χ3n) is 3.00. The van der Waals surface area contributed by atoms with Gasteiger partial charge in [-0.25, -0.2) is 0 Å². The second-order valence-corrected chi connectivity index (χ2v) is 4.44. The average Bonchev–Trinajstić information content (AvgIpc) is 2.93. The first-order chi connectivity index (χ1) is 9.65. The summed E-state index contributed by atoms with van der Waals surface area (Å²) in [4.78, 5) is 23.7. The highest BCUT2D eigenvalue weighted by Gasteiger charge is 2.12. The van der Waals surface area contributed by atoms with E-state index in [9.17, 15) is 14.9 Å². The smallest absolute Gasteiger partial charge is 0.433 e. The van der Waals surface area contributed by atoms with Crippen LogP contribution in [-0.4, -0.2) is 48.5 Å². The summed E-state index contributed by atoms with van der Waals surface area (Å²) in [7, 11) is 0. The minimum absolute atomic E-state index is 0. The number of nitro groups is 1. The maximum absolute atomic E-state index is 11.7. The molecule has 21 heavy (non-hydrogen) atoms. The predicted octanol–water partition coefficient (Wildman–Crippen LogP) is -1.50. The topological polar surface area (TPSA) is 85.8 Å². The molecule has 2 heterocycles. The Morgan fingerprint density at radius 1 is 1.38 bits per heavy atom. The van der Waals surface area contributed by atoms with Crippen molar-refractivity contribution in [2.45, 2.75) is 6.42 Å². The Labute approximate surface area is 128 Å². The Balaban J connectivity index is 0.00000220. The molecule has 8 heteroatoms. The number of rotatable bonds is 6. The Hall–Kier alpha value is -1.70. The molecule has 0 N–H and O–H groups in total. The summed E-state index contributed by atoms with van der Waals surface area (Å²) in [5.74, 6) is -0.0580. The lowest BCUT2D eigenvalue weighted by Gasteiger charge is -2.25. The van der Waals surface area contributed by atoms with E-state index in [4.69, 9.17) is 9.15 Å². The number of carbonyl (C=O) groups excluding carboxylic acids is 1. The second-order valence-electron chi connectivity index (χ2n) is 4.44. The number of furan rings is 1. The van der Waals surface area contributed by atoms with E-state index in [1.165, 1.54) is 24.3 Å². The number of allylic oxidation sites excluding steroid dienone is 1. The van der Waals surface area contributed by atoms with E-state index < -0.39 is 4.92 Å². The zero-order valence-electron chi connectivity index (χ0n) is 11.4. The number of ether oxygens (including phenoxy) is 1. The molecule has 0 aromatic carbocycles. The second kappa shape index (κ2) is 8.56. The van der Waals surface area contributed by atoms with Crippen LogP contribution in [0.25, 0.3) is 6.08 Å². The van der Waals surface area contributed by atoms with Gasteiger partial charge in [-0.05, 0) is 18.2 Å². The van der Waals surface area contributed by atoms with E-state index >= 15 is 0 Å². The first kappa shape index (κ1) is 17.4. The highest BCUT2D eigenvalue weighted by Crippen LogP contribution is 2.16. The Bertz CT molecular complexity index is 508. The number of carbonyl (C=O) groups is 1. The molecule has 7 nitrogen and oxygen atoms in total. The fraction of sp³-hybridized carbons (Fsp3) is 0.462. The summed E-state index contributed by atoms with van der Waals surface area (Å²) >= 11 is 0. The molecule has 0 bridgehead atoms. The van der Waals surface area contributed by atoms with Crippen LogP contribution in [0.2, 0.25) is 0 Å². The molecule has 0 atom stereocenters. The molecule has 116 valence electrons. The van der Waals surface area contributed by atoms with Crippen LogP contribution in [0.15, 0.2) is 22.6 Å². The van der Waals surface area contributed by atoms with E-state index in [1.807, 2.05) is 0 Å². The maximum atomic E-state index is 11.7. The first-order valence-corrected chi connectivity index (χ1v) is 6.40. The van der Waals surface area contributed by atoms with Crippen LogP contribution in [0.5, 0.6) is 0 Å². The van der Waals surface area contributed by atoms with Crippen molar-refractivity contribution in [2.24, 2.45) is 0 Å². The summed E-state index contributed by atoms with van der Waals surface area (Å²) in [6.45, 7) is 3.81. The number of halogens is 1. The van der Waals surface area contributed by atoms with Gasteiger partial charge in [-0.3, -0.25) is 19.8 Å². The van der Waals surface area contributed by atoms with Crippen molar-refractivity contribution < 1.29 is 31.3 Å². The lowest BCUT2D eigenvalue weighted by Crippen LogP contribution is -3.00. The molecule has 1 aromatic heterocycles. The Morgan fingerprint density at radius 2 is 2.10 bits per heavy atom. The SMILES string of the molecule is O=C(/C=C\c1ccc([N+](=O)[O-])o1)CCN1CCOCC1.[Cl-]. The van der Waals surface area contributed by atoms with Gasteiger partial charge in [0.1, 0.15) is 10.7 Å². The van der Waals surface area contributed by atoms with Crippen molar-refractivity contribution in [3.63, 3.8) is 0 Å². The van der Waals surface area contributed by atoms with Crippen LogP contribution >= 0.6 is 0 Å². The quantitative estimate of drug-likeness (QED) is 0.361. The van der Waals surface area contributed by atoms with Crippen LogP contribution in [-0.2, 0) is 9.53 Å². The number of morpholine rings is 1. The van der Waals surface area contributed by atoms with E-state index in [-0.39, 0.29) is 24.1 Å². The summed E-state index contributed by atoms with van der Waals surface area (Å²) in [5.41, 5.74) is 0. The molecule has 1 fully saturated rings. The zero-order valence-corrected chi connectivity index (χ0v) is 12.1. The maximum Gasteiger partial charge on any atom is 0.433 e. The molecule has 0 amide bonds. The average molecular weight is 316 g/mol. The molecular weight excluding hydrogens is 300 g/mol. The molecule has 0 radical (unpaired) electrons. The fourth-order valence-corrected chi connectivity index (χ4v) is 1.88. The largest absolute Gasteiger partial charge is 1.00 e. The van der Waals surface area contributed by atoms with Crippen molar-refractivity contribution in [3.8, 4) is 0 Å². The lowest BCUT2D eigenvalue weighted by molar-refractivity contribution is -0.402. The third kappa shape index (κ3) is 5.66. The van der Waals surface area contributed by atoms with E-state index in [0.29, 0.717) is 31.9 Å². The molecule has 1 aromatic rings. The monoisotopic (exact) mass is 315 g/mol. The van der Waals surface area contributed by atoms with Crippen LogP contribution in [0.4, 0.5) is 5.88 Å². The van der Waals surface area contributed by atoms with Crippen LogP contribution in [0, 0.1) is 10.1 Å². The summed E-state index contributed by atoms with van der Waals surface area (Å²) in [5, 5.41) is 10.4. The summed E-state index contributed by atoms with van der Waals surface area (Å²) in [6.07, 6.45) is 3.26. The summed E-state index contributed by atoms with van der Waals surface area (Å²) < 4.78 is 10.2. The molecule has 2 rings (SSSR count). The fourth-order valence-electron chi connectivity index (χ4n) is 1.88. The molecule has 0 unspecified atom stereocenters. The van der Waals surface area contributed by atoms with E-state index in [1.54, 1.807) is 0 Å². The number of hydrogen-bond donors (Lipinski definition) is 0. The third-order valence-corrected chi connectivity index (χ3v) is 3.00. The number of hydrogen-bond acceptors (Lipinski definition) is 6. The molecule has 1 aliphatic rings. The van der Waals surface area contributed by atoms with Gasteiger partial charge in [0.25, 0.3) is 0 Å².